The maximum absolute atomic E-state index is 13.7. The highest BCUT2D eigenvalue weighted by atomic mass is 35.5. The highest BCUT2D eigenvalue weighted by Gasteiger charge is 2.14. The summed E-state index contributed by atoms with van der Waals surface area (Å²) in [6.07, 6.45) is 0. The Labute approximate surface area is 152 Å². The molecule has 0 aliphatic heterocycles. The van der Waals surface area contributed by atoms with Crippen molar-refractivity contribution in [2.24, 2.45) is 0 Å². The quantitative estimate of drug-likeness (QED) is 0.524. The number of benzene rings is 3. The van der Waals surface area contributed by atoms with Gasteiger partial charge in [-0.15, -0.1) is 0 Å². The Bertz CT molecular complexity index is 1010. The minimum Gasteiger partial charge on any atom is -0.483 e. The lowest BCUT2D eigenvalue weighted by Gasteiger charge is -2.11. The van der Waals surface area contributed by atoms with Crippen molar-refractivity contribution < 1.29 is 18.8 Å². The van der Waals surface area contributed by atoms with E-state index in [4.69, 9.17) is 16.3 Å². The molecule has 26 heavy (non-hydrogen) atoms. The van der Waals surface area contributed by atoms with Gasteiger partial charge in [0.2, 0.25) is 0 Å². The summed E-state index contributed by atoms with van der Waals surface area (Å²) < 4.78 is 19.2. The number of nitro groups is 1. The number of nitro benzene ring substituents is 1. The molecule has 0 spiro atoms. The standard InChI is InChI=1S/C18H12ClFN2O4/c19-14-6-8-17(13-4-2-1-3-12(13)14)26-10-18(23)21-16-9-11(22(24)25)5-7-15(16)20/h1-9H,10H2,(H,21,23). The number of non-ortho nitro benzene ring substituents is 1. The molecular formula is C18H12ClFN2O4. The predicted molar refractivity (Wildman–Crippen MR) is 96.1 cm³/mol. The van der Waals surface area contributed by atoms with Crippen LogP contribution in [0.3, 0.4) is 0 Å². The number of anilines is 1. The van der Waals surface area contributed by atoms with E-state index in [9.17, 15) is 19.3 Å². The van der Waals surface area contributed by atoms with Gasteiger partial charge in [-0.3, -0.25) is 14.9 Å². The number of hydrogen-bond donors (Lipinski definition) is 1. The number of nitrogens with zero attached hydrogens (tertiary/aromatic N) is 1. The fourth-order valence-electron chi connectivity index (χ4n) is 2.41. The number of rotatable bonds is 5. The Morgan fingerprint density at radius 2 is 1.88 bits per heavy atom. The molecule has 8 heteroatoms. The highest BCUT2D eigenvalue weighted by Crippen LogP contribution is 2.31. The van der Waals surface area contributed by atoms with E-state index in [0.717, 1.165) is 29.0 Å². The number of carbonyl (C=O) groups excluding carboxylic acids is 1. The SMILES string of the molecule is O=C(COc1ccc(Cl)c2ccccc12)Nc1cc([N+](=O)[O-])ccc1F. The van der Waals surface area contributed by atoms with E-state index in [1.54, 1.807) is 18.2 Å². The summed E-state index contributed by atoms with van der Waals surface area (Å²) in [4.78, 5) is 22.1. The molecule has 1 amide bonds. The fraction of sp³-hybridized carbons (Fsp3) is 0.0556. The van der Waals surface area contributed by atoms with Gasteiger partial charge in [0.15, 0.2) is 6.61 Å². The highest BCUT2D eigenvalue weighted by molar-refractivity contribution is 6.35. The first kappa shape index (κ1) is 17.6. The average Bonchev–Trinajstić information content (AvgIpc) is 2.63. The molecular weight excluding hydrogens is 363 g/mol. The van der Waals surface area contributed by atoms with E-state index in [1.807, 2.05) is 18.2 Å². The van der Waals surface area contributed by atoms with Crippen LogP contribution in [0, 0.1) is 15.9 Å². The van der Waals surface area contributed by atoms with Gasteiger partial charge in [-0.2, -0.15) is 0 Å². The zero-order valence-corrected chi connectivity index (χ0v) is 14.0. The summed E-state index contributed by atoms with van der Waals surface area (Å²) in [5.41, 5.74) is -0.611. The van der Waals surface area contributed by atoms with Gasteiger partial charge in [-0.25, -0.2) is 4.39 Å². The van der Waals surface area contributed by atoms with E-state index >= 15 is 0 Å². The molecule has 0 fully saturated rings. The molecule has 1 N–H and O–H groups in total. The van der Waals surface area contributed by atoms with Gasteiger partial charge in [0.1, 0.15) is 11.6 Å². The number of amides is 1. The Hall–Kier alpha value is -3.19. The van der Waals surface area contributed by atoms with Crippen LogP contribution in [0.5, 0.6) is 5.75 Å². The van der Waals surface area contributed by atoms with Gasteiger partial charge in [0, 0.05) is 27.9 Å². The fourth-order valence-corrected chi connectivity index (χ4v) is 2.64. The molecule has 0 unspecified atom stereocenters. The molecule has 3 aromatic carbocycles. The van der Waals surface area contributed by atoms with Gasteiger partial charge in [0.05, 0.1) is 10.6 Å². The minimum absolute atomic E-state index is 0.284. The third-order valence-electron chi connectivity index (χ3n) is 3.62. The van der Waals surface area contributed by atoms with E-state index in [1.165, 1.54) is 0 Å². The molecule has 0 aliphatic rings. The molecule has 0 bridgehead atoms. The van der Waals surface area contributed by atoms with Crippen molar-refractivity contribution in [2.45, 2.75) is 0 Å². The second kappa shape index (κ2) is 7.37. The van der Waals surface area contributed by atoms with Gasteiger partial charge >= 0.3 is 0 Å². The number of fused-ring (bicyclic) bond motifs is 1. The second-order valence-electron chi connectivity index (χ2n) is 5.35. The Morgan fingerprint density at radius 3 is 2.62 bits per heavy atom. The lowest BCUT2D eigenvalue weighted by molar-refractivity contribution is -0.384. The molecule has 0 saturated heterocycles. The summed E-state index contributed by atoms with van der Waals surface area (Å²) >= 11 is 6.13. The number of carbonyl (C=O) groups is 1. The zero-order chi connectivity index (χ0) is 18.7. The molecule has 0 atom stereocenters. The van der Waals surface area contributed by atoms with E-state index in [2.05, 4.69) is 5.32 Å². The van der Waals surface area contributed by atoms with E-state index in [0.29, 0.717) is 10.8 Å². The molecule has 3 rings (SSSR count). The maximum atomic E-state index is 13.7. The van der Waals surface area contributed by atoms with Crippen LogP contribution < -0.4 is 10.1 Å². The van der Waals surface area contributed by atoms with Crippen LogP contribution in [-0.2, 0) is 4.79 Å². The molecule has 3 aromatic rings. The van der Waals surface area contributed by atoms with E-state index in [-0.39, 0.29) is 11.4 Å². The summed E-state index contributed by atoms with van der Waals surface area (Å²) in [6, 6.07) is 13.4. The molecule has 0 aliphatic carbocycles. The molecule has 0 saturated carbocycles. The Morgan fingerprint density at radius 1 is 1.15 bits per heavy atom. The van der Waals surface area contributed by atoms with Crippen LogP contribution >= 0.6 is 11.6 Å². The van der Waals surface area contributed by atoms with Crippen molar-refractivity contribution in [1.82, 2.24) is 0 Å². The lowest BCUT2D eigenvalue weighted by atomic mass is 10.1. The summed E-state index contributed by atoms with van der Waals surface area (Å²) in [5, 5.41) is 15.1. The molecule has 132 valence electrons. The number of nitrogens with one attached hydrogen (secondary N) is 1. The summed E-state index contributed by atoms with van der Waals surface area (Å²) in [6.45, 7) is -0.395. The first-order chi connectivity index (χ1) is 12.5. The van der Waals surface area contributed by atoms with Crippen molar-refractivity contribution in [3.8, 4) is 5.75 Å². The zero-order valence-electron chi connectivity index (χ0n) is 13.2. The van der Waals surface area contributed by atoms with Crippen LogP contribution in [0.25, 0.3) is 10.8 Å². The third kappa shape index (κ3) is 3.73. The predicted octanol–water partition coefficient (Wildman–Crippen LogP) is 4.56. The van der Waals surface area contributed by atoms with Crippen molar-refractivity contribution >= 4 is 39.7 Å². The second-order valence-corrected chi connectivity index (χ2v) is 5.76. The largest absolute Gasteiger partial charge is 0.483 e. The molecule has 0 aromatic heterocycles. The van der Waals surface area contributed by atoms with Crippen molar-refractivity contribution in [1.29, 1.82) is 0 Å². The smallest absolute Gasteiger partial charge is 0.271 e. The average molecular weight is 375 g/mol. The van der Waals surface area contributed by atoms with Gasteiger partial charge in [-0.1, -0.05) is 35.9 Å². The molecule has 0 radical (unpaired) electrons. The normalized spacial score (nSPS) is 10.5. The number of ether oxygens (including phenoxy) is 1. The minimum atomic E-state index is -0.777. The Balaban J connectivity index is 1.73. The van der Waals surface area contributed by atoms with Crippen molar-refractivity contribution in [3.63, 3.8) is 0 Å². The first-order valence-electron chi connectivity index (χ1n) is 7.49. The monoisotopic (exact) mass is 374 g/mol. The Kier molecular flexibility index (Phi) is 4.99. The van der Waals surface area contributed by atoms with Crippen molar-refractivity contribution in [2.75, 3.05) is 11.9 Å². The van der Waals surface area contributed by atoms with Crippen LogP contribution in [0.2, 0.25) is 5.02 Å². The number of hydrogen-bond acceptors (Lipinski definition) is 4. The van der Waals surface area contributed by atoms with Crippen LogP contribution in [-0.4, -0.2) is 17.4 Å². The molecule has 6 nitrogen and oxygen atoms in total. The van der Waals surface area contributed by atoms with Crippen LogP contribution in [0.15, 0.2) is 54.6 Å². The van der Waals surface area contributed by atoms with Crippen molar-refractivity contribution in [3.05, 3.63) is 75.6 Å². The van der Waals surface area contributed by atoms with E-state index < -0.39 is 23.3 Å². The van der Waals surface area contributed by atoms with Crippen LogP contribution in [0.1, 0.15) is 0 Å². The summed E-state index contributed by atoms with van der Waals surface area (Å²) in [7, 11) is 0. The third-order valence-corrected chi connectivity index (χ3v) is 3.95. The lowest BCUT2D eigenvalue weighted by Crippen LogP contribution is -2.21. The summed E-state index contributed by atoms with van der Waals surface area (Å²) in [5.74, 6) is -0.982. The van der Waals surface area contributed by atoms with Gasteiger partial charge in [-0.05, 0) is 18.2 Å². The van der Waals surface area contributed by atoms with Crippen LogP contribution in [0.4, 0.5) is 15.8 Å². The topological polar surface area (TPSA) is 81.5 Å². The van der Waals surface area contributed by atoms with Gasteiger partial charge in [0.25, 0.3) is 11.6 Å². The maximum Gasteiger partial charge on any atom is 0.271 e. The number of halogens is 2. The first-order valence-corrected chi connectivity index (χ1v) is 7.87. The van der Waals surface area contributed by atoms with Gasteiger partial charge < -0.3 is 10.1 Å². The molecule has 0 heterocycles.